The molecular weight excluding hydrogens is 522 g/mol. The Balaban J connectivity index is 1.38. The van der Waals surface area contributed by atoms with Crippen LogP contribution < -0.4 is 15.3 Å². The molecule has 4 rings (SSSR count). The summed E-state index contributed by atoms with van der Waals surface area (Å²) in [6.45, 7) is 0.0604. The van der Waals surface area contributed by atoms with Crippen molar-refractivity contribution < 1.29 is 45.1 Å². The van der Waals surface area contributed by atoms with Gasteiger partial charge in [0.25, 0.3) is 12.0 Å². The lowest BCUT2D eigenvalue weighted by molar-refractivity contribution is -0.754. The zero-order valence-corrected chi connectivity index (χ0v) is 18.8. The van der Waals surface area contributed by atoms with Crippen LogP contribution in [0.3, 0.4) is 0 Å². The number of rotatable bonds is 5. The second kappa shape index (κ2) is 10.3. The average molecular weight is 537 g/mol. The first-order valence-electron chi connectivity index (χ1n) is 10.5. The van der Waals surface area contributed by atoms with Gasteiger partial charge in [0.1, 0.15) is 6.33 Å². The van der Waals surface area contributed by atoms with E-state index in [9.17, 15) is 35.9 Å². The highest BCUT2D eigenvalue weighted by Gasteiger charge is 2.35. The fraction of sp³-hybridized carbons (Fsp3) is 0.130. The number of imide groups is 1. The second-order valence-electron chi connectivity index (χ2n) is 7.73. The van der Waals surface area contributed by atoms with Crippen LogP contribution in [-0.4, -0.2) is 27.2 Å². The summed E-state index contributed by atoms with van der Waals surface area (Å²) in [5.41, 5.74) is -1.61. The van der Waals surface area contributed by atoms with Crippen LogP contribution in [0.15, 0.2) is 71.8 Å². The maximum Gasteiger partial charge on any atom is 0.434 e. The van der Waals surface area contributed by atoms with Gasteiger partial charge in [-0.25, -0.2) is 14.8 Å². The first kappa shape index (κ1) is 26.2. The molecule has 0 unspecified atom stereocenters. The summed E-state index contributed by atoms with van der Waals surface area (Å²) >= 11 is 0. The number of hydrogen-bond donors (Lipinski definition) is 2. The number of carbonyl (C=O) groups is 2. The van der Waals surface area contributed by atoms with Gasteiger partial charge in [-0.15, -0.1) is 0 Å². The predicted octanol–water partition coefficient (Wildman–Crippen LogP) is 4.47. The number of nitrogens with zero attached hydrogens (tertiary/aromatic N) is 4. The Kier molecular flexibility index (Phi) is 7.10. The van der Waals surface area contributed by atoms with Gasteiger partial charge in [0.05, 0.1) is 5.56 Å². The molecule has 0 saturated heterocycles. The van der Waals surface area contributed by atoms with Crippen molar-refractivity contribution in [3.8, 4) is 11.1 Å². The molecule has 0 aliphatic carbocycles. The molecule has 196 valence electrons. The Morgan fingerprint density at radius 1 is 0.974 bits per heavy atom. The Labute approximate surface area is 209 Å². The third-order valence-electron chi connectivity index (χ3n) is 5.00. The van der Waals surface area contributed by atoms with Crippen molar-refractivity contribution in [2.75, 3.05) is 5.32 Å². The Morgan fingerprint density at radius 3 is 2.39 bits per heavy atom. The van der Waals surface area contributed by atoms with Crippen LogP contribution in [0.2, 0.25) is 0 Å². The molecule has 3 amide bonds. The summed E-state index contributed by atoms with van der Waals surface area (Å²) < 4.78 is 84.1. The fourth-order valence-electron chi connectivity index (χ4n) is 3.30. The highest BCUT2D eigenvalue weighted by atomic mass is 19.4. The molecule has 0 radical (unpaired) electrons. The van der Waals surface area contributed by atoms with Crippen molar-refractivity contribution in [3.05, 3.63) is 89.8 Å². The molecule has 0 bridgehead atoms. The Morgan fingerprint density at radius 2 is 1.71 bits per heavy atom. The van der Waals surface area contributed by atoms with E-state index in [1.165, 1.54) is 35.0 Å². The van der Waals surface area contributed by atoms with Crippen LogP contribution in [-0.2, 0) is 18.9 Å². The van der Waals surface area contributed by atoms with Crippen LogP contribution in [0.4, 0.5) is 36.8 Å². The third kappa shape index (κ3) is 6.29. The van der Waals surface area contributed by atoms with Gasteiger partial charge in [-0.1, -0.05) is 30.3 Å². The number of carbonyl (C=O) groups excluding carboxylic acids is 2. The van der Waals surface area contributed by atoms with Crippen molar-refractivity contribution >= 4 is 17.6 Å². The van der Waals surface area contributed by atoms with Gasteiger partial charge in [0.15, 0.2) is 11.0 Å². The van der Waals surface area contributed by atoms with Crippen LogP contribution in [0, 0.1) is 0 Å². The quantitative estimate of drug-likeness (QED) is 0.287. The number of alkyl halides is 6. The molecule has 2 heterocycles. The SMILES string of the molecule is O=C(NC(=O)c1c[n+](Cc2ccc(-c3cncnc3C(F)(F)F)cc2)no1)Nc1cccc(C(F)(F)F)c1. The number of anilines is 1. The summed E-state index contributed by atoms with van der Waals surface area (Å²) in [4.78, 5) is 31.2. The summed E-state index contributed by atoms with van der Waals surface area (Å²) in [6.07, 6.45) is -6.24. The first-order chi connectivity index (χ1) is 17.9. The van der Waals surface area contributed by atoms with Crippen LogP contribution in [0.5, 0.6) is 0 Å². The Bertz CT molecular complexity index is 1470. The minimum atomic E-state index is -4.66. The fourth-order valence-corrected chi connectivity index (χ4v) is 3.30. The molecule has 15 heteroatoms. The summed E-state index contributed by atoms with van der Waals surface area (Å²) in [5, 5.41) is 7.66. The lowest BCUT2D eigenvalue weighted by Gasteiger charge is -2.10. The van der Waals surface area contributed by atoms with E-state index in [1.54, 1.807) is 0 Å². The van der Waals surface area contributed by atoms with Gasteiger partial charge in [0, 0.05) is 23.0 Å². The van der Waals surface area contributed by atoms with Gasteiger partial charge in [-0.05, 0) is 28.4 Å². The van der Waals surface area contributed by atoms with E-state index < -0.39 is 35.5 Å². The van der Waals surface area contributed by atoms with Crippen LogP contribution in [0.1, 0.15) is 27.4 Å². The van der Waals surface area contributed by atoms with Gasteiger partial charge < -0.3 is 5.32 Å². The Hall–Kier alpha value is -4.82. The van der Waals surface area contributed by atoms with Gasteiger partial charge in [0.2, 0.25) is 6.54 Å². The molecular formula is C23H15F6N6O3+. The molecule has 2 N–H and O–H groups in total. The molecule has 2 aromatic carbocycles. The zero-order valence-electron chi connectivity index (χ0n) is 18.8. The maximum atomic E-state index is 13.2. The molecule has 2 aromatic heterocycles. The van der Waals surface area contributed by atoms with E-state index in [2.05, 4.69) is 20.6 Å². The lowest BCUT2D eigenvalue weighted by atomic mass is 10.0. The van der Waals surface area contributed by atoms with E-state index >= 15 is 0 Å². The number of halogens is 6. The first-order valence-corrected chi connectivity index (χ1v) is 10.5. The number of urea groups is 1. The number of aromatic nitrogens is 4. The monoisotopic (exact) mass is 537 g/mol. The smallest absolute Gasteiger partial charge is 0.308 e. The van der Waals surface area contributed by atoms with Crippen molar-refractivity contribution in [3.63, 3.8) is 0 Å². The standard InChI is InChI=1S/C23H14F6N6O3/c24-22(25,26)15-2-1-3-16(8-15)32-21(37)33-20(36)18-11-35(34-38-18)10-13-4-6-14(7-5-13)17-9-30-12-31-19(17)23(27,28)29/h1-9,11-12H,10H2,(H-,32,33,36,37)/p+1. The van der Waals surface area contributed by atoms with Crippen molar-refractivity contribution in [1.82, 2.24) is 20.6 Å². The predicted molar refractivity (Wildman–Crippen MR) is 116 cm³/mol. The second-order valence-corrected chi connectivity index (χ2v) is 7.73. The molecule has 0 atom stereocenters. The molecule has 0 aliphatic heterocycles. The molecule has 4 aromatic rings. The normalized spacial score (nSPS) is 11.7. The van der Waals surface area contributed by atoms with Crippen molar-refractivity contribution in [1.29, 1.82) is 0 Å². The number of hydrogen-bond acceptors (Lipinski definition) is 6. The molecule has 0 saturated carbocycles. The minimum absolute atomic E-state index is 0.0604. The van der Waals surface area contributed by atoms with E-state index in [0.29, 0.717) is 11.6 Å². The highest BCUT2D eigenvalue weighted by molar-refractivity contribution is 6.06. The highest BCUT2D eigenvalue weighted by Crippen LogP contribution is 2.35. The minimum Gasteiger partial charge on any atom is -0.308 e. The average Bonchev–Trinajstić information content (AvgIpc) is 3.32. The largest absolute Gasteiger partial charge is 0.434 e. The molecule has 38 heavy (non-hydrogen) atoms. The summed E-state index contributed by atoms with van der Waals surface area (Å²) in [5.74, 6) is -1.39. The molecule has 9 nitrogen and oxygen atoms in total. The summed E-state index contributed by atoms with van der Waals surface area (Å²) in [7, 11) is 0. The lowest BCUT2D eigenvalue weighted by Crippen LogP contribution is -2.37. The zero-order chi connectivity index (χ0) is 27.5. The van der Waals surface area contributed by atoms with E-state index in [-0.39, 0.29) is 29.1 Å². The van der Waals surface area contributed by atoms with E-state index in [4.69, 9.17) is 4.52 Å². The summed E-state index contributed by atoms with van der Waals surface area (Å²) in [6, 6.07) is 8.68. The number of nitrogens with one attached hydrogen (secondary N) is 2. The van der Waals surface area contributed by atoms with Gasteiger partial charge in [-0.2, -0.15) is 26.3 Å². The van der Waals surface area contributed by atoms with Gasteiger partial charge >= 0.3 is 24.3 Å². The molecule has 0 fully saturated rings. The van der Waals surface area contributed by atoms with Gasteiger partial charge in [-0.3, -0.25) is 14.6 Å². The van der Waals surface area contributed by atoms with E-state index in [0.717, 1.165) is 30.9 Å². The number of benzene rings is 2. The van der Waals surface area contributed by atoms with E-state index in [1.807, 2.05) is 5.32 Å². The molecule has 0 spiro atoms. The molecule has 0 aliphatic rings. The maximum absolute atomic E-state index is 13.2. The van der Waals surface area contributed by atoms with Crippen molar-refractivity contribution in [2.24, 2.45) is 0 Å². The number of amides is 3. The third-order valence-corrected chi connectivity index (χ3v) is 5.00. The van der Waals surface area contributed by atoms with Crippen LogP contribution >= 0.6 is 0 Å². The van der Waals surface area contributed by atoms with Crippen LogP contribution in [0.25, 0.3) is 11.1 Å². The topological polar surface area (TPSA) is 114 Å². The van der Waals surface area contributed by atoms with Crippen molar-refractivity contribution in [2.45, 2.75) is 18.9 Å².